The molecule has 8 heteroatoms. The summed E-state index contributed by atoms with van der Waals surface area (Å²) in [6.07, 6.45) is -0.436. The molecule has 0 bridgehead atoms. The van der Waals surface area contributed by atoms with Crippen LogP contribution in [0.3, 0.4) is 0 Å². The number of carbonyl (C=O) groups excluding carboxylic acids is 2. The van der Waals surface area contributed by atoms with Crippen LogP contribution >= 0.6 is 11.3 Å². The molecule has 0 spiro atoms. The molecule has 1 aliphatic rings. The quantitative estimate of drug-likeness (QED) is 0.831. The molecule has 0 fully saturated rings. The van der Waals surface area contributed by atoms with Gasteiger partial charge in [0.15, 0.2) is 6.61 Å². The van der Waals surface area contributed by atoms with E-state index in [-0.39, 0.29) is 0 Å². The Morgan fingerprint density at radius 2 is 2.17 bits per heavy atom. The summed E-state index contributed by atoms with van der Waals surface area (Å²) in [5.41, 5.74) is 1.14. The second-order valence-corrected chi connectivity index (χ2v) is 6.68. The molecule has 128 valence electrons. The molecule has 1 amide bonds. The number of hydrogen-bond donors (Lipinski definition) is 1. The zero-order valence-corrected chi connectivity index (χ0v) is 13.5. The SMILES string of the molecule is CCC1CCc2sc(C(=O)OCC(=O)NCC(F)(F)F)cc2C1. The molecule has 0 saturated heterocycles. The van der Waals surface area contributed by atoms with Crippen LogP contribution in [0.2, 0.25) is 0 Å². The molecule has 1 unspecified atom stereocenters. The lowest BCUT2D eigenvalue weighted by atomic mass is 9.87. The molecule has 1 atom stereocenters. The molecule has 0 radical (unpaired) electrons. The van der Waals surface area contributed by atoms with Crippen LogP contribution in [0.4, 0.5) is 13.2 Å². The molecule has 0 saturated carbocycles. The highest BCUT2D eigenvalue weighted by Crippen LogP contribution is 2.33. The number of fused-ring (bicyclic) bond motifs is 1. The van der Waals surface area contributed by atoms with E-state index < -0.39 is 31.2 Å². The zero-order valence-electron chi connectivity index (χ0n) is 12.7. The van der Waals surface area contributed by atoms with Gasteiger partial charge in [-0.25, -0.2) is 4.79 Å². The summed E-state index contributed by atoms with van der Waals surface area (Å²) in [7, 11) is 0. The van der Waals surface area contributed by atoms with Crippen molar-refractivity contribution >= 4 is 23.2 Å². The van der Waals surface area contributed by atoms with Gasteiger partial charge in [-0.2, -0.15) is 13.2 Å². The summed E-state index contributed by atoms with van der Waals surface area (Å²) >= 11 is 1.34. The van der Waals surface area contributed by atoms with Crippen molar-refractivity contribution in [3.05, 3.63) is 21.4 Å². The van der Waals surface area contributed by atoms with Crippen LogP contribution in [0.1, 0.15) is 39.9 Å². The van der Waals surface area contributed by atoms with E-state index in [2.05, 4.69) is 6.92 Å². The molecule has 1 N–H and O–H groups in total. The summed E-state index contributed by atoms with van der Waals surface area (Å²) in [4.78, 5) is 24.7. The summed E-state index contributed by atoms with van der Waals surface area (Å²) in [5.74, 6) is -1.02. The van der Waals surface area contributed by atoms with Gasteiger partial charge < -0.3 is 10.1 Å². The first kappa shape index (κ1) is 17.8. The zero-order chi connectivity index (χ0) is 17.0. The number of carbonyl (C=O) groups is 2. The first-order valence-electron chi connectivity index (χ1n) is 7.40. The number of ether oxygens (including phenoxy) is 1. The van der Waals surface area contributed by atoms with Crippen LogP contribution in [0.15, 0.2) is 6.07 Å². The minimum Gasteiger partial charge on any atom is -0.451 e. The number of esters is 1. The predicted molar refractivity (Wildman–Crippen MR) is 79.5 cm³/mol. The van der Waals surface area contributed by atoms with Crippen molar-refractivity contribution in [2.24, 2.45) is 5.92 Å². The van der Waals surface area contributed by atoms with E-state index in [1.165, 1.54) is 11.3 Å². The number of thiophene rings is 1. The summed E-state index contributed by atoms with van der Waals surface area (Å²) in [5, 5.41) is 1.65. The summed E-state index contributed by atoms with van der Waals surface area (Å²) in [6.45, 7) is -0.0130. The van der Waals surface area contributed by atoms with Crippen LogP contribution in [-0.4, -0.2) is 31.2 Å². The minimum atomic E-state index is -4.48. The van der Waals surface area contributed by atoms with Gasteiger partial charge in [0.05, 0.1) is 0 Å². The number of hydrogen-bond acceptors (Lipinski definition) is 4. The predicted octanol–water partition coefficient (Wildman–Crippen LogP) is 3.10. The Labute approximate surface area is 136 Å². The topological polar surface area (TPSA) is 55.4 Å². The van der Waals surface area contributed by atoms with Crippen LogP contribution in [0.5, 0.6) is 0 Å². The van der Waals surface area contributed by atoms with Gasteiger partial charge in [0.2, 0.25) is 0 Å². The first-order chi connectivity index (χ1) is 10.8. The Bertz CT molecular complexity index is 583. The van der Waals surface area contributed by atoms with Crippen molar-refractivity contribution in [2.75, 3.05) is 13.2 Å². The number of rotatable bonds is 5. The normalized spacial score (nSPS) is 17.5. The average molecular weight is 349 g/mol. The highest BCUT2D eigenvalue weighted by atomic mass is 32.1. The smallest absolute Gasteiger partial charge is 0.405 e. The third kappa shape index (κ3) is 5.23. The Balaban J connectivity index is 1.85. The van der Waals surface area contributed by atoms with E-state index in [1.54, 1.807) is 11.4 Å². The molecular formula is C15H18F3NO3S. The van der Waals surface area contributed by atoms with E-state index in [0.717, 1.165) is 36.1 Å². The van der Waals surface area contributed by atoms with E-state index in [4.69, 9.17) is 4.74 Å². The molecule has 1 heterocycles. The lowest BCUT2D eigenvalue weighted by molar-refractivity contribution is -0.140. The fraction of sp³-hybridized carbons (Fsp3) is 0.600. The maximum atomic E-state index is 12.0. The van der Waals surface area contributed by atoms with E-state index in [9.17, 15) is 22.8 Å². The maximum Gasteiger partial charge on any atom is 0.405 e. The Morgan fingerprint density at radius 3 is 2.83 bits per heavy atom. The molecule has 0 aliphatic heterocycles. The third-order valence-corrected chi connectivity index (χ3v) is 5.00. The number of aryl methyl sites for hydroxylation is 1. The van der Waals surface area contributed by atoms with Crippen LogP contribution in [0, 0.1) is 5.92 Å². The second-order valence-electron chi connectivity index (χ2n) is 5.54. The fourth-order valence-electron chi connectivity index (χ4n) is 2.50. The summed E-state index contributed by atoms with van der Waals surface area (Å²) in [6, 6.07) is 1.78. The third-order valence-electron chi connectivity index (χ3n) is 3.78. The van der Waals surface area contributed by atoms with Gasteiger partial charge in [-0.15, -0.1) is 11.3 Å². The number of alkyl halides is 3. The first-order valence-corrected chi connectivity index (χ1v) is 8.22. The molecule has 1 aliphatic carbocycles. The molecular weight excluding hydrogens is 331 g/mol. The monoisotopic (exact) mass is 349 g/mol. The van der Waals surface area contributed by atoms with Gasteiger partial charge in [0.25, 0.3) is 5.91 Å². The van der Waals surface area contributed by atoms with Crippen LogP contribution in [0.25, 0.3) is 0 Å². The average Bonchev–Trinajstić information content (AvgIpc) is 2.92. The van der Waals surface area contributed by atoms with E-state index >= 15 is 0 Å². The Kier molecular flexibility index (Phi) is 5.67. The van der Waals surface area contributed by atoms with Crippen LogP contribution < -0.4 is 5.32 Å². The molecule has 0 aromatic carbocycles. The lowest BCUT2D eigenvalue weighted by Gasteiger charge is -2.19. The van der Waals surface area contributed by atoms with Gasteiger partial charge >= 0.3 is 12.1 Å². The van der Waals surface area contributed by atoms with Gasteiger partial charge in [0, 0.05) is 4.88 Å². The van der Waals surface area contributed by atoms with Gasteiger partial charge in [-0.1, -0.05) is 13.3 Å². The van der Waals surface area contributed by atoms with E-state index in [0.29, 0.717) is 10.8 Å². The second kappa shape index (κ2) is 7.33. The maximum absolute atomic E-state index is 12.0. The molecule has 1 aromatic rings. The Hall–Kier alpha value is -1.57. The van der Waals surface area contributed by atoms with Crippen molar-refractivity contribution in [1.82, 2.24) is 5.32 Å². The minimum absolute atomic E-state index is 0.398. The largest absolute Gasteiger partial charge is 0.451 e. The van der Waals surface area contributed by atoms with Crippen molar-refractivity contribution < 1.29 is 27.5 Å². The van der Waals surface area contributed by atoms with Gasteiger partial charge in [-0.3, -0.25) is 4.79 Å². The van der Waals surface area contributed by atoms with Gasteiger partial charge in [-0.05, 0) is 36.8 Å². The molecule has 4 nitrogen and oxygen atoms in total. The van der Waals surface area contributed by atoms with Crippen molar-refractivity contribution in [2.45, 2.75) is 38.8 Å². The number of halogens is 3. The van der Waals surface area contributed by atoms with E-state index in [1.807, 2.05) is 0 Å². The number of amides is 1. The molecule has 2 rings (SSSR count). The van der Waals surface area contributed by atoms with Crippen molar-refractivity contribution in [3.63, 3.8) is 0 Å². The molecule has 1 aromatic heterocycles. The highest BCUT2D eigenvalue weighted by Gasteiger charge is 2.28. The summed E-state index contributed by atoms with van der Waals surface area (Å²) < 4.78 is 40.6. The highest BCUT2D eigenvalue weighted by molar-refractivity contribution is 7.14. The van der Waals surface area contributed by atoms with Crippen molar-refractivity contribution in [3.8, 4) is 0 Å². The van der Waals surface area contributed by atoms with Crippen LogP contribution in [-0.2, 0) is 22.4 Å². The van der Waals surface area contributed by atoms with Crippen molar-refractivity contribution in [1.29, 1.82) is 0 Å². The standard InChI is InChI=1S/C15H18F3NO3S/c1-2-9-3-4-11-10(5-9)6-12(23-11)14(21)22-7-13(20)19-8-15(16,17)18/h6,9H,2-5,7-8H2,1H3,(H,19,20). The lowest BCUT2D eigenvalue weighted by Crippen LogP contribution is -2.36. The Morgan fingerprint density at radius 1 is 1.43 bits per heavy atom. The number of nitrogens with one attached hydrogen (secondary N) is 1. The van der Waals surface area contributed by atoms with Gasteiger partial charge in [0.1, 0.15) is 11.4 Å². The molecule has 23 heavy (non-hydrogen) atoms. The fourth-order valence-corrected chi connectivity index (χ4v) is 3.60.